The van der Waals surface area contributed by atoms with Crippen molar-refractivity contribution in [2.45, 2.75) is 45.3 Å². The molecule has 2 radical (unpaired) electrons. The molecule has 0 aromatic carbocycles. The molecule has 1 heterocycles. The van der Waals surface area contributed by atoms with Gasteiger partial charge in [0.25, 0.3) is 0 Å². The van der Waals surface area contributed by atoms with Crippen molar-refractivity contribution in [3.05, 3.63) is 0 Å². The molecule has 1 aliphatic heterocycles. The summed E-state index contributed by atoms with van der Waals surface area (Å²) in [6.45, 7) is 5.95. The van der Waals surface area contributed by atoms with Gasteiger partial charge in [-0.1, -0.05) is 32.5 Å². The predicted molar refractivity (Wildman–Crippen MR) is 59.3 cm³/mol. The van der Waals surface area contributed by atoms with Gasteiger partial charge in [0.15, 0.2) is 0 Å². The minimum Gasteiger partial charge on any atom is -0.304 e. The molecular weight excluding hydrogens is 157 g/mol. The molecule has 0 aromatic rings. The van der Waals surface area contributed by atoms with E-state index in [1.54, 1.807) is 0 Å². The van der Waals surface area contributed by atoms with Crippen molar-refractivity contribution in [2.75, 3.05) is 19.6 Å². The number of rotatable bonds is 5. The van der Waals surface area contributed by atoms with E-state index in [-0.39, 0.29) is 0 Å². The minimum absolute atomic E-state index is 0.819. The van der Waals surface area contributed by atoms with Gasteiger partial charge >= 0.3 is 0 Å². The van der Waals surface area contributed by atoms with E-state index in [9.17, 15) is 0 Å². The van der Waals surface area contributed by atoms with Gasteiger partial charge in [-0.3, -0.25) is 0 Å². The van der Waals surface area contributed by atoms with Gasteiger partial charge in [0.05, 0.1) is 7.85 Å². The second-order valence-corrected chi connectivity index (χ2v) is 4.22. The first kappa shape index (κ1) is 11.1. The van der Waals surface area contributed by atoms with Crippen LogP contribution in [-0.2, 0) is 0 Å². The van der Waals surface area contributed by atoms with Gasteiger partial charge in [0, 0.05) is 0 Å². The number of piperidine rings is 1. The van der Waals surface area contributed by atoms with E-state index in [1.807, 2.05) is 0 Å². The highest BCUT2D eigenvalue weighted by Gasteiger charge is 2.17. The van der Waals surface area contributed by atoms with E-state index >= 15 is 0 Å². The Kier molecular flexibility index (Phi) is 5.53. The third-order valence-electron chi connectivity index (χ3n) is 3.12. The van der Waals surface area contributed by atoms with Gasteiger partial charge in [0.2, 0.25) is 0 Å². The lowest BCUT2D eigenvalue weighted by atomic mass is 9.91. The van der Waals surface area contributed by atoms with Gasteiger partial charge < -0.3 is 4.90 Å². The fourth-order valence-corrected chi connectivity index (χ4v) is 2.17. The molecule has 0 N–H and O–H groups in total. The zero-order valence-electron chi connectivity index (χ0n) is 8.97. The second-order valence-electron chi connectivity index (χ2n) is 4.22. The average Bonchev–Trinajstić information content (AvgIpc) is 2.17. The Morgan fingerprint density at radius 3 is 2.54 bits per heavy atom. The zero-order chi connectivity index (χ0) is 9.52. The number of hydrogen-bond donors (Lipinski definition) is 0. The van der Waals surface area contributed by atoms with Crippen LogP contribution >= 0.6 is 0 Å². The van der Waals surface area contributed by atoms with Crippen molar-refractivity contribution in [2.24, 2.45) is 5.92 Å². The first-order valence-electron chi connectivity index (χ1n) is 5.79. The molecular formula is C11H22BN. The molecule has 0 unspecified atom stereocenters. The molecule has 1 aliphatic rings. The molecule has 0 amide bonds. The number of likely N-dealkylation sites (tertiary alicyclic amines) is 1. The van der Waals surface area contributed by atoms with Crippen LogP contribution in [0.5, 0.6) is 0 Å². The summed E-state index contributed by atoms with van der Waals surface area (Å²) in [5, 5.41) is 0. The molecule has 13 heavy (non-hydrogen) atoms. The third kappa shape index (κ3) is 4.17. The van der Waals surface area contributed by atoms with E-state index in [0.29, 0.717) is 0 Å². The van der Waals surface area contributed by atoms with Gasteiger partial charge in [0.1, 0.15) is 0 Å². The highest BCUT2D eigenvalue weighted by atomic mass is 15.1. The Morgan fingerprint density at radius 1 is 1.31 bits per heavy atom. The molecule has 2 heteroatoms. The summed E-state index contributed by atoms with van der Waals surface area (Å²) in [5.41, 5.74) is 0. The van der Waals surface area contributed by atoms with Crippen LogP contribution in [0.2, 0.25) is 6.32 Å². The molecule has 1 saturated heterocycles. The molecule has 74 valence electrons. The maximum absolute atomic E-state index is 5.53. The van der Waals surface area contributed by atoms with E-state index in [0.717, 1.165) is 18.8 Å². The first-order valence-corrected chi connectivity index (χ1v) is 5.79. The highest BCUT2D eigenvalue weighted by molar-refractivity contribution is 6.08. The van der Waals surface area contributed by atoms with Crippen LogP contribution in [0.15, 0.2) is 0 Å². The average molecular weight is 179 g/mol. The van der Waals surface area contributed by atoms with Crippen molar-refractivity contribution in [1.82, 2.24) is 4.90 Å². The van der Waals surface area contributed by atoms with Gasteiger partial charge in [-0.15, -0.1) is 0 Å². The molecule has 0 atom stereocenters. The van der Waals surface area contributed by atoms with Crippen LogP contribution in [-0.4, -0.2) is 32.4 Å². The van der Waals surface area contributed by atoms with Crippen LogP contribution in [0.4, 0.5) is 0 Å². The van der Waals surface area contributed by atoms with Crippen molar-refractivity contribution >= 4 is 7.85 Å². The fraction of sp³-hybridized carbons (Fsp3) is 1.00. The summed E-state index contributed by atoms with van der Waals surface area (Å²) >= 11 is 0. The van der Waals surface area contributed by atoms with Crippen LogP contribution in [0, 0.1) is 5.92 Å². The topological polar surface area (TPSA) is 3.24 Å². The van der Waals surface area contributed by atoms with Gasteiger partial charge in [-0.05, 0) is 38.4 Å². The third-order valence-corrected chi connectivity index (χ3v) is 3.12. The summed E-state index contributed by atoms with van der Waals surface area (Å²) in [6.07, 6.45) is 7.84. The predicted octanol–water partition coefficient (Wildman–Crippen LogP) is 2.48. The SMILES string of the molecule is [B]CCN1CCC(CCCC)CC1. The lowest BCUT2D eigenvalue weighted by molar-refractivity contribution is 0.185. The number of unbranched alkanes of at least 4 members (excludes halogenated alkanes) is 1. The first-order chi connectivity index (χ1) is 6.36. The summed E-state index contributed by atoms with van der Waals surface area (Å²) in [4.78, 5) is 2.50. The number of nitrogens with zero attached hydrogens (tertiary/aromatic N) is 1. The quantitative estimate of drug-likeness (QED) is 0.586. The summed E-state index contributed by atoms with van der Waals surface area (Å²) in [5.74, 6) is 1.01. The van der Waals surface area contributed by atoms with E-state index < -0.39 is 0 Å². The van der Waals surface area contributed by atoms with Crippen molar-refractivity contribution in [1.29, 1.82) is 0 Å². The largest absolute Gasteiger partial charge is 0.304 e. The molecule has 0 aromatic heterocycles. The maximum atomic E-state index is 5.53. The standard InChI is InChI=1S/C11H22BN/c1-2-3-4-11-5-8-13(9-6-11)10-7-12/h11H,2-10H2,1H3. The Balaban J connectivity index is 2.08. The highest BCUT2D eigenvalue weighted by Crippen LogP contribution is 2.22. The monoisotopic (exact) mass is 179 g/mol. The summed E-state index contributed by atoms with van der Waals surface area (Å²) < 4.78 is 0. The smallest absolute Gasteiger partial charge is 0.0670 e. The Morgan fingerprint density at radius 2 is 2.00 bits per heavy atom. The van der Waals surface area contributed by atoms with Gasteiger partial charge in [-0.2, -0.15) is 0 Å². The lowest BCUT2D eigenvalue weighted by Crippen LogP contribution is -2.34. The van der Waals surface area contributed by atoms with Gasteiger partial charge in [-0.25, -0.2) is 0 Å². The molecule has 0 bridgehead atoms. The summed E-state index contributed by atoms with van der Waals surface area (Å²) in [7, 11) is 5.53. The van der Waals surface area contributed by atoms with Crippen LogP contribution < -0.4 is 0 Å². The molecule has 0 spiro atoms. The van der Waals surface area contributed by atoms with Crippen LogP contribution in [0.3, 0.4) is 0 Å². The maximum Gasteiger partial charge on any atom is 0.0670 e. The fourth-order valence-electron chi connectivity index (χ4n) is 2.17. The zero-order valence-corrected chi connectivity index (χ0v) is 8.97. The van der Waals surface area contributed by atoms with Crippen LogP contribution in [0.25, 0.3) is 0 Å². The van der Waals surface area contributed by atoms with E-state index in [1.165, 1.54) is 45.2 Å². The molecule has 0 saturated carbocycles. The normalized spacial score (nSPS) is 20.7. The molecule has 1 nitrogen and oxygen atoms in total. The second kappa shape index (κ2) is 6.47. The van der Waals surface area contributed by atoms with Crippen molar-refractivity contribution < 1.29 is 0 Å². The Bertz CT molecular complexity index is 119. The Labute approximate surface area is 84.3 Å². The van der Waals surface area contributed by atoms with Crippen molar-refractivity contribution in [3.8, 4) is 0 Å². The summed E-state index contributed by atoms with van der Waals surface area (Å²) in [6, 6.07) is 0. The lowest BCUT2D eigenvalue weighted by Gasteiger charge is -2.31. The molecule has 1 rings (SSSR count). The molecule has 0 aliphatic carbocycles. The number of hydrogen-bond acceptors (Lipinski definition) is 1. The van der Waals surface area contributed by atoms with Crippen molar-refractivity contribution in [3.63, 3.8) is 0 Å². The van der Waals surface area contributed by atoms with E-state index in [2.05, 4.69) is 11.8 Å². The minimum atomic E-state index is 0.819. The Hall–Kier alpha value is 0.0249. The van der Waals surface area contributed by atoms with E-state index in [4.69, 9.17) is 7.85 Å². The van der Waals surface area contributed by atoms with Crippen LogP contribution in [0.1, 0.15) is 39.0 Å². The molecule has 1 fully saturated rings.